The minimum Gasteiger partial charge on any atom is -0.365 e. The van der Waals surface area contributed by atoms with E-state index in [-0.39, 0.29) is 24.4 Å². The van der Waals surface area contributed by atoms with Gasteiger partial charge in [0.2, 0.25) is 0 Å². The molecule has 118 valence electrons. The van der Waals surface area contributed by atoms with Gasteiger partial charge in [-0.25, -0.2) is 0 Å². The average molecular weight is 305 g/mol. The summed E-state index contributed by atoms with van der Waals surface area (Å²) >= 11 is 0. The summed E-state index contributed by atoms with van der Waals surface area (Å²) < 4.78 is 6.01. The Labute approximate surface area is 129 Å². The highest BCUT2D eigenvalue weighted by Gasteiger charge is 2.27. The quantitative estimate of drug-likeness (QED) is 0.814. The van der Waals surface area contributed by atoms with Crippen LogP contribution in [0.1, 0.15) is 52.4 Å². The summed E-state index contributed by atoms with van der Waals surface area (Å²) in [5.41, 5.74) is 0. The smallest absolute Gasteiger partial charge is 0.251 e. The van der Waals surface area contributed by atoms with Crippen LogP contribution >= 0.6 is 12.4 Å². The molecule has 0 radical (unpaired) electrons. The number of hydrogen-bond acceptors (Lipinski definition) is 3. The van der Waals surface area contributed by atoms with Gasteiger partial charge in [0.25, 0.3) is 5.91 Å². The van der Waals surface area contributed by atoms with E-state index in [1.54, 1.807) is 0 Å². The monoisotopic (exact) mass is 304 g/mol. The predicted molar refractivity (Wildman–Crippen MR) is 83.3 cm³/mol. The topological polar surface area (TPSA) is 41.6 Å². The minimum atomic E-state index is -0.284. The summed E-state index contributed by atoms with van der Waals surface area (Å²) in [6.45, 7) is 6.54. The fourth-order valence-electron chi connectivity index (χ4n) is 3.11. The highest BCUT2D eigenvalue weighted by Crippen LogP contribution is 2.21. The molecular formula is C15H29ClN2O2. The summed E-state index contributed by atoms with van der Waals surface area (Å²) in [6, 6.07) is 0.391. The van der Waals surface area contributed by atoms with Crippen molar-refractivity contribution in [3.8, 4) is 0 Å². The zero-order valence-corrected chi connectivity index (χ0v) is 13.6. The third-order valence-corrected chi connectivity index (χ3v) is 4.23. The van der Waals surface area contributed by atoms with Crippen LogP contribution < -0.4 is 5.32 Å². The summed E-state index contributed by atoms with van der Waals surface area (Å²) in [5, 5.41) is 3.36. The molecule has 2 atom stereocenters. The molecule has 2 unspecified atom stereocenters. The number of hydrogen-bond donors (Lipinski definition) is 1. The van der Waals surface area contributed by atoms with Crippen molar-refractivity contribution in [2.75, 3.05) is 19.6 Å². The number of rotatable bonds is 3. The molecule has 2 aliphatic rings. The highest BCUT2D eigenvalue weighted by atomic mass is 35.5. The number of piperazine rings is 1. The average Bonchev–Trinajstić information content (AvgIpc) is 2.66. The van der Waals surface area contributed by atoms with Gasteiger partial charge in [-0.05, 0) is 26.7 Å². The second-order valence-corrected chi connectivity index (χ2v) is 6.03. The SMILES string of the molecule is CC1CN(C(=O)C(C)OC2CCCCCC2)CCN1.Cl. The van der Waals surface area contributed by atoms with Crippen molar-refractivity contribution in [2.45, 2.75) is 70.6 Å². The Morgan fingerprint density at radius 2 is 1.90 bits per heavy atom. The maximum atomic E-state index is 12.4. The van der Waals surface area contributed by atoms with Gasteiger partial charge in [-0.15, -0.1) is 12.4 Å². The lowest BCUT2D eigenvalue weighted by Gasteiger charge is -2.34. The molecule has 1 saturated carbocycles. The molecule has 1 aliphatic heterocycles. The highest BCUT2D eigenvalue weighted by molar-refractivity contribution is 5.85. The van der Waals surface area contributed by atoms with Crippen molar-refractivity contribution in [1.29, 1.82) is 0 Å². The van der Waals surface area contributed by atoms with Crippen molar-refractivity contribution in [1.82, 2.24) is 10.2 Å². The molecule has 1 heterocycles. The molecule has 1 saturated heterocycles. The van der Waals surface area contributed by atoms with Crippen molar-refractivity contribution in [3.63, 3.8) is 0 Å². The minimum absolute atomic E-state index is 0. The molecule has 5 heteroatoms. The number of halogens is 1. The Morgan fingerprint density at radius 1 is 1.25 bits per heavy atom. The lowest BCUT2D eigenvalue weighted by atomic mass is 10.1. The van der Waals surface area contributed by atoms with Crippen molar-refractivity contribution in [3.05, 3.63) is 0 Å². The zero-order chi connectivity index (χ0) is 13.7. The fraction of sp³-hybridized carbons (Fsp3) is 0.933. The van der Waals surface area contributed by atoms with E-state index in [0.717, 1.165) is 32.5 Å². The predicted octanol–water partition coefficient (Wildman–Crippen LogP) is 2.36. The molecule has 1 amide bonds. The first kappa shape index (κ1) is 17.7. The number of nitrogens with zero attached hydrogens (tertiary/aromatic N) is 1. The van der Waals surface area contributed by atoms with Crippen LogP contribution in [0.3, 0.4) is 0 Å². The molecular weight excluding hydrogens is 276 g/mol. The number of nitrogens with one attached hydrogen (secondary N) is 1. The van der Waals surface area contributed by atoms with E-state index in [1.165, 1.54) is 25.7 Å². The van der Waals surface area contributed by atoms with E-state index in [9.17, 15) is 4.79 Å². The molecule has 2 rings (SSSR count). The standard InChI is InChI=1S/C15H28N2O2.ClH/c1-12-11-17(10-9-16-12)15(18)13(2)19-14-7-5-3-4-6-8-14;/h12-14,16H,3-11H2,1-2H3;1H. The maximum absolute atomic E-state index is 12.4. The summed E-state index contributed by atoms with van der Waals surface area (Å²) in [5.74, 6) is 0.164. The Kier molecular flexibility index (Phi) is 7.85. The third kappa shape index (κ3) is 5.23. The van der Waals surface area contributed by atoms with Crippen LogP contribution in [0.5, 0.6) is 0 Å². The van der Waals surface area contributed by atoms with Gasteiger partial charge >= 0.3 is 0 Å². The van der Waals surface area contributed by atoms with E-state index in [0.29, 0.717) is 12.1 Å². The van der Waals surface area contributed by atoms with Crippen LogP contribution in [0.2, 0.25) is 0 Å². The first-order valence-corrected chi connectivity index (χ1v) is 7.84. The summed E-state index contributed by atoms with van der Waals surface area (Å²) in [4.78, 5) is 14.3. The number of amides is 1. The normalized spacial score (nSPS) is 26.5. The summed E-state index contributed by atoms with van der Waals surface area (Å²) in [7, 11) is 0. The molecule has 1 N–H and O–H groups in total. The van der Waals surface area contributed by atoms with Crippen molar-refractivity contribution in [2.24, 2.45) is 0 Å². The maximum Gasteiger partial charge on any atom is 0.251 e. The molecule has 20 heavy (non-hydrogen) atoms. The lowest BCUT2D eigenvalue weighted by Crippen LogP contribution is -2.54. The molecule has 0 aromatic heterocycles. The fourth-order valence-corrected chi connectivity index (χ4v) is 3.11. The van der Waals surface area contributed by atoms with Gasteiger partial charge in [-0.2, -0.15) is 0 Å². The lowest BCUT2D eigenvalue weighted by molar-refractivity contribution is -0.147. The van der Waals surface area contributed by atoms with Gasteiger partial charge < -0.3 is 15.0 Å². The number of carbonyl (C=O) groups excluding carboxylic acids is 1. The Hall–Kier alpha value is -0.320. The van der Waals surface area contributed by atoms with Gasteiger partial charge in [-0.3, -0.25) is 4.79 Å². The second-order valence-electron chi connectivity index (χ2n) is 6.03. The third-order valence-electron chi connectivity index (χ3n) is 4.23. The van der Waals surface area contributed by atoms with Gasteiger partial charge in [0.15, 0.2) is 0 Å². The van der Waals surface area contributed by atoms with E-state index in [4.69, 9.17) is 4.74 Å². The number of ether oxygens (including phenoxy) is 1. The van der Waals surface area contributed by atoms with Gasteiger partial charge in [-0.1, -0.05) is 25.7 Å². The van der Waals surface area contributed by atoms with E-state index in [1.807, 2.05) is 11.8 Å². The van der Waals surface area contributed by atoms with Crippen LogP contribution in [-0.4, -0.2) is 48.7 Å². The van der Waals surface area contributed by atoms with Crippen LogP contribution in [0.15, 0.2) is 0 Å². The van der Waals surface area contributed by atoms with Crippen LogP contribution in [0, 0.1) is 0 Å². The van der Waals surface area contributed by atoms with Crippen LogP contribution in [0.25, 0.3) is 0 Å². The largest absolute Gasteiger partial charge is 0.365 e. The first-order valence-electron chi connectivity index (χ1n) is 7.84. The van der Waals surface area contributed by atoms with Gasteiger partial charge in [0, 0.05) is 25.7 Å². The van der Waals surface area contributed by atoms with Gasteiger partial charge in [0.05, 0.1) is 6.10 Å². The Bertz CT molecular complexity index is 294. The number of carbonyl (C=O) groups is 1. The van der Waals surface area contributed by atoms with E-state index >= 15 is 0 Å². The van der Waals surface area contributed by atoms with Crippen LogP contribution in [-0.2, 0) is 9.53 Å². The first-order chi connectivity index (χ1) is 9.16. The molecule has 4 nitrogen and oxygen atoms in total. The molecule has 0 aromatic rings. The molecule has 0 spiro atoms. The van der Waals surface area contributed by atoms with Gasteiger partial charge in [0.1, 0.15) is 6.10 Å². The van der Waals surface area contributed by atoms with Crippen LogP contribution in [0.4, 0.5) is 0 Å². The molecule has 2 fully saturated rings. The van der Waals surface area contributed by atoms with Crippen molar-refractivity contribution >= 4 is 18.3 Å². The molecule has 0 bridgehead atoms. The van der Waals surface area contributed by atoms with Crippen molar-refractivity contribution < 1.29 is 9.53 Å². The summed E-state index contributed by atoms with van der Waals surface area (Å²) in [6.07, 6.45) is 7.38. The molecule has 0 aromatic carbocycles. The van der Waals surface area contributed by atoms with E-state index in [2.05, 4.69) is 12.2 Å². The Balaban J connectivity index is 0.00000200. The Morgan fingerprint density at radius 3 is 2.50 bits per heavy atom. The van der Waals surface area contributed by atoms with E-state index < -0.39 is 0 Å². The zero-order valence-electron chi connectivity index (χ0n) is 12.8. The second kappa shape index (κ2) is 8.85. The molecule has 1 aliphatic carbocycles.